The number of aromatic nitrogens is 1. The molecule has 0 radical (unpaired) electrons. The van der Waals surface area contributed by atoms with Crippen molar-refractivity contribution in [3.8, 4) is 0 Å². The van der Waals surface area contributed by atoms with Crippen LogP contribution >= 0.6 is 0 Å². The number of anilines is 2. The maximum Gasteiger partial charge on any atom is 0.255 e. The number of nitrogens with zero attached hydrogens (tertiary/aromatic N) is 2. The van der Waals surface area contributed by atoms with Gasteiger partial charge in [-0.15, -0.1) is 0 Å². The molecule has 6 nitrogen and oxygen atoms in total. The van der Waals surface area contributed by atoms with E-state index in [1.807, 2.05) is 32.0 Å². The summed E-state index contributed by atoms with van der Waals surface area (Å²) in [7, 11) is 4.12. The first-order valence-electron chi connectivity index (χ1n) is 10.6. The molecule has 1 saturated carbocycles. The van der Waals surface area contributed by atoms with E-state index in [-0.39, 0.29) is 11.9 Å². The third-order valence-corrected chi connectivity index (χ3v) is 5.88. The fourth-order valence-corrected chi connectivity index (χ4v) is 4.31. The van der Waals surface area contributed by atoms with Crippen molar-refractivity contribution in [1.82, 2.24) is 10.3 Å². The fraction of sp³-hybridized carbons (Fsp3) is 0.417. The average molecular weight is 407 g/mol. The fourth-order valence-electron chi connectivity index (χ4n) is 4.31. The number of fused-ring (bicyclic) bond motifs is 1. The van der Waals surface area contributed by atoms with E-state index >= 15 is 0 Å². The van der Waals surface area contributed by atoms with Crippen LogP contribution in [0.3, 0.4) is 0 Å². The van der Waals surface area contributed by atoms with Gasteiger partial charge in [-0.2, -0.15) is 0 Å². The van der Waals surface area contributed by atoms with Crippen LogP contribution in [-0.2, 0) is 0 Å². The Morgan fingerprint density at radius 3 is 2.43 bits per heavy atom. The Bertz CT molecular complexity index is 1050. The molecule has 158 valence electrons. The molecule has 0 spiro atoms. The number of amides is 1. The van der Waals surface area contributed by atoms with E-state index in [1.54, 1.807) is 0 Å². The number of pyridine rings is 1. The van der Waals surface area contributed by atoms with Crippen LogP contribution in [0.5, 0.6) is 0 Å². The second-order valence-corrected chi connectivity index (χ2v) is 8.43. The van der Waals surface area contributed by atoms with Crippen molar-refractivity contribution in [3.63, 3.8) is 0 Å². The van der Waals surface area contributed by atoms with E-state index in [0.29, 0.717) is 17.4 Å². The molecule has 0 saturated heterocycles. The molecule has 30 heavy (non-hydrogen) atoms. The van der Waals surface area contributed by atoms with Crippen molar-refractivity contribution < 1.29 is 9.21 Å². The van der Waals surface area contributed by atoms with Crippen LogP contribution in [0.4, 0.5) is 11.5 Å². The summed E-state index contributed by atoms with van der Waals surface area (Å²) < 4.78 is 5.48. The van der Waals surface area contributed by atoms with E-state index in [0.717, 1.165) is 53.9 Å². The van der Waals surface area contributed by atoms with Gasteiger partial charge in [0, 0.05) is 43.3 Å². The number of carbonyl (C=O) groups is 1. The Hall–Kier alpha value is -3.02. The molecular weight excluding hydrogens is 376 g/mol. The van der Waals surface area contributed by atoms with Crippen LogP contribution in [0.1, 0.15) is 47.6 Å². The summed E-state index contributed by atoms with van der Waals surface area (Å²) in [6.45, 7) is 3.70. The summed E-state index contributed by atoms with van der Waals surface area (Å²) in [6.07, 6.45) is 3.90. The second-order valence-electron chi connectivity index (χ2n) is 8.43. The van der Waals surface area contributed by atoms with Gasteiger partial charge in [0.05, 0.1) is 11.1 Å². The highest BCUT2D eigenvalue weighted by Gasteiger charge is 2.24. The number of benzene rings is 1. The van der Waals surface area contributed by atoms with Gasteiger partial charge in [-0.1, -0.05) is 18.2 Å². The van der Waals surface area contributed by atoms with Gasteiger partial charge in [-0.25, -0.2) is 4.98 Å². The maximum atomic E-state index is 12.5. The number of hydrogen-bond acceptors (Lipinski definition) is 5. The summed E-state index contributed by atoms with van der Waals surface area (Å²) in [6, 6.07) is 12.7. The smallest absolute Gasteiger partial charge is 0.255 e. The van der Waals surface area contributed by atoms with Crippen LogP contribution in [0.25, 0.3) is 10.9 Å². The number of furan rings is 1. The largest absolute Gasteiger partial charge is 0.466 e. The molecule has 0 aliphatic heterocycles. The van der Waals surface area contributed by atoms with Crippen LogP contribution in [0.2, 0.25) is 0 Å². The molecule has 1 aromatic carbocycles. The molecule has 4 rings (SSSR count). The lowest BCUT2D eigenvalue weighted by molar-refractivity contribution is 0.0925. The molecule has 3 aromatic rings. The molecule has 1 fully saturated rings. The van der Waals surface area contributed by atoms with Gasteiger partial charge in [-0.05, 0) is 51.7 Å². The van der Waals surface area contributed by atoms with Crippen molar-refractivity contribution in [2.45, 2.75) is 51.6 Å². The normalized spacial score (nSPS) is 18.9. The van der Waals surface area contributed by atoms with E-state index in [4.69, 9.17) is 9.40 Å². The Labute approximate surface area is 177 Å². The highest BCUT2D eigenvalue weighted by atomic mass is 16.3. The first-order chi connectivity index (χ1) is 14.4. The predicted molar refractivity (Wildman–Crippen MR) is 121 cm³/mol. The molecule has 0 atom stereocenters. The highest BCUT2D eigenvalue weighted by Crippen LogP contribution is 2.29. The van der Waals surface area contributed by atoms with Crippen molar-refractivity contribution in [3.05, 3.63) is 53.5 Å². The van der Waals surface area contributed by atoms with Crippen molar-refractivity contribution in [1.29, 1.82) is 0 Å². The first kappa shape index (κ1) is 20.3. The third-order valence-electron chi connectivity index (χ3n) is 5.88. The molecule has 1 amide bonds. The topological polar surface area (TPSA) is 70.4 Å². The molecule has 6 heteroatoms. The Morgan fingerprint density at radius 2 is 1.77 bits per heavy atom. The molecule has 2 N–H and O–H groups in total. The average Bonchev–Trinajstić information content (AvgIpc) is 3.07. The van der Waals surface area contributed by atoms with Crippen molar-refractivity contribution in [2.75, 3.05) is 24.3 Å². The van der Waals surface area contributed by atoms with E-state index in [1.165, 1.54) is 0 Å². The zero-order valence-corrected chi connectivity index (χ0v) is 18.2. The number of carbonyl (C=O) groups excluding carboxylic acids is 1. The highest BCUT2D eigenvalue weighted by molar-refractivity contribution is 5.95. The molecule has 0 unspecified atom stereocenters. The van der Waals surface area contributed by atoms with Gasteiger partial charge in [0.2, 0.25) is 0 Å². The molecule has 1 aliphatic carbocycles. The lowest BCUT2D eigenvalue weighted by Crippen LogP contribution is -2.40. The maximum absolute atomic E-state index is 12.5. The van der Waals surface area contributed by atoms with Gasteiger partial charge in [-0.3, -0.25) is 4.79 Å². The van der Waals surface area contributed by atoms with E-state index in [2.05, 4.69) is 47.8 Å². The molecule has 2 aromatic heterocycles. The van der Waals surface area contributed by atoms with Crippen molar-refractivity contribution in [2.24, 2.45) is 0 Å². The van der Waals surface area contributed by atoms with Crippen LogP contribution in [-0.4, -0.2) is 37.1 Å². The first-order valence-corrected chi connectivity index (χ1v) is 10.6. The minimum absolute atomic E-state index is 0.0346. The van der Waals surface area contributed by atoms with Gasteiger partial charge in [0.25, 0.3) is 5.91 Å². The summed E-state index contributed by atoms with van der Waals surface area (Å²) in [5.41, 5.74) is 2.80. The quantitative estimate of drug-likeness (QED) is 0.645. The molecule has 1 aliphatic rings. The SMILES string of the molecule is Cc1cc(C(=O)NC2CCC(Nc3cc(N(C)C)c4ccccc4n3)CC2)c(C)o1. The van der Waals surface area contributed by atoms with Crippen LogP contribution in [0.15, 0.2) is 40.8 Å². The Morgan fingerprint density at radius 1 is 1.07 bits per heavy atom. The summed E-state index contributed by atoms with van der Waals surface area (Å²) in [4.78, 5) is 19.5. The monoisotopic (exact) mass is 406 g/mol. The minimum Gasteiger partial charge on any atom is -0.466 e. The van der Waals surface area contributed by atoms with Crippen molar-refractivity contribution >= 4 is 28.3 Å². The Kier molecular flexibility index (Phi) is 5.66. The third kappa shape index (κ3) is 4.27. The van der Waals surface area contributed by atoms with Gasteiger partial charge >= 0.3 is 0 Å². The zero-order valence-electron chi connectivity index (χ0n) is 18.2. The van der Waals surface area contributed by atoms with Gasteiger partial charge in [0.1, 0.15) is 17.3 Å². The van der Waals surface area contributed by atoms with Gasteiger partial charge < -0.3 is 20.0 Å². The lowest BCUT2D eigenvalue weighted by Gasteiger charge is -2.30. The van der Waals surface area contributed by atoms with Crippen LogP contribution in [0, 0.1) is 13.8 Å². The number of rotatable bonds is 5. The summed E-state index contributed by atoms with van der Waals surface area (Å²) in [5.74, 6) is 2.33. The Balaban J connectivity index is 1.38. The predicted octanol–water partition coefficient (Wildman–Crippen LogP) is 4.66. The van der Waals surface area contributed by atoms with Gasteiger partial charge in [0.15, 0.2) is 0 Å². The number of aryl methyl sites for hydroxylation is 2. The number of nitrogens with one attached hydrogen (secondary N) is 2. The molecular formula is C24H30N4O2. The standard InChI is InChI=1S/C24H30N4O2/c1-15-13-20(16(2)30-15)24(29)26-18-11-9-17(10-12-18)25-23-14-22(28(3)4)19-7-5-6-8-21(19)27-23/h5-8,13-14,17-18H,9-12H2,1-4H3,(H,25,27)(H,26,29). The summed E-state index contributed by atoms with van der Waals surface area (Å²) in [5, 5.41) is 7.95. The van der Waals surface area contributed by atoms with E-state index < -0.39 is 0 Å². The number of hydrogen-bond donors (Lipinski definition) is 2. The summed E-state index contributed by atoms with van der Waals surface area (Å²) >= 11 is 0. The number of para-hydroxylation sites is 1. The molecule has 0 bridgehead atoms. The zero-order chi connectivity index (χ0) is 21.3. The molecule has 2 heterocycles. The second kappa shape index (κ2) is 8.38. The van der Waals surface area contributed by atoms with E-state index in [9.17, 15) is 4.79 Å². The minimum atomic E-state index is -0.0346. The lowest BCUT2D eigenvalue weighted by atomic mass is 9.91. The van der Waals surface area contributed by atoms with Crippen LogP contribution < -0.4 is 15.5 Å².